The largest absolute Gasteiger partial charge is 0.340 e. The Balaban J connectivity index is 2.30. The predicted molar refractivity (Wildman–Crippen MR) is 68.5 cm³/mol. The average molecular weight is 245 g/mol. The molecule has 0 aliphatic heterocycles. The van der Waals surface area contributed by atoms with Crippen LogP contribution in [0.5, 0.6) is 0 Å². The molecule has 0 unspecified atom stereocenters. The van der Waals surface area contributed by atoms with E-state index < -0.39 is 0 Å². The van der Waals surface area contributed by atoms with E-state index in [1.165, 1.54) is 6.07 Å². The fourth-order valence-electron chi connectivity index (χ4n) is 1.85. The number of benzene rings is 1. The number of nitrogens with zero attached hydrogens (tertiary/aromatic N) is 1. The third-order valence-corrected chi connectivity index (χ3v) is 3.00. The van der Waals surface area contributed by atoms with E-state index in [0.717, 1.165) is 16.9 Å². The van der Waals surface area contributed by atoms with Crippen LogP contribution in [0.15, 0.2) is 53.5 Å². The zero-order valence-electron chi connectivity index (χ0n) is 8.85. The van der Waals surface area contributed by atoms with Gasteiger partial charge < -0.3 is 4.98 Å². The summed E-state index contributed by atoms with van der Waals surface area (Å²) >= 11 is 6.12. The van der Waals surface area contributed by atoms with Crippen molar-refractivity contribution in [3.8, 4) is 11.3 Å². The number of aromatic nitrogens is 2. The molecule has 0 fully saturated rings. The van der Waals surface area contributed by atoms with Crippen molar-refractivity contribution in [3.05, 3.63) is 64.0 Å². The molecule has 2 heterocycles. The van der Waals surface area contributed by atoms with Gasteiger partial charge in [-0.1, -0.05) is 35.9 Å². The first-order chi connectivity index (χ1) is 8.25. The highest BCUT2D eigenvalue weighted by Gasteiger charge is 2.06. The van der Waals surface area contributed by atoms with Gasteiger partial charge in [-0.05, 0) is 12.1 Å². The van der Waals surface area contributed by atoms with Crippen LogP contribution in [0.3, 0.4) is 0 Å². The van der Waals surface area contributed by atoms with Crippen LogP contribution < -0.4 is 5.56 Å². The first kappa shape index (κ1) is 10.2. The average Bonchev–Trinajstić information content (AvgIpc) is 2.75. The van der Waals surface area contributed by atoms with Crippen molar-refractivity contribution in [2.75, 3.05) is 0 Å². The Labute approximate surface area is 102 Å². The molecule has 0 saturated heterocycles. The SMILES string of the molecule is O=c1cccc2[nH]c(-c3ccccc3Cl)cn12. The smallest absolute Gasteiger partial charge is 0.256 e. The third kappa shape index (κ3) is 1.65. The summed E-state index contributed by atoms with van der Waals surface area (Å²) in [6, 6.07) is 12.6. The zero-order chi connectivity index (χ0) is 11.8. The molecule has 17 heavy (non-hydrogen) atoms. The van der Waals surface area contributed by atoms with Gasteiger partial charge in [-0.25, -0.2) is 0 Å². The molecule has 0 spiro atoms. The molecule has 0 radical (unpaired) electrons. The van der Waals surface area contributed by atoms with Crippen LogP contribution >= 0.6 is 11.6 Å². The predicted octanol–water partition coefficient (Wildman–Crippen LogP) is 2.95. The summed E-state index contributed by atoms with van der Waals surface area (Å²) in [5.41, 5.74) is 2.42. The van der Waals surface area contributed by atoms with E-state index in [1.54, 1.807) is 16.7 Å². The van der Waals surface area contributed by atoms with E-state index in [1.807, 2.05) is 30.3 Å². The second-order valence-corrected chi connectivity index (χ2v) is 4.17. The Morgan fingerprint density at radius 1 is 1.06 bits per heavy atom. The normalized spacial score (nSPS) is 10.9. The Morgan fingerprint density at radius 2 is 1.88 bits per heavy atom. The maximum absolute atomic E-state index is 11.6. The molecular weight excluding hydrogens is 236 g/mol. The van der Waals surface area contributed by atoms with Gasteiger partial charge >= 0.3 is 0 Å². The summed E-state index contributed by atoms with van der Waals surface area (Å²) in [7, 11) is 0. The topological polar surface area (TPSA) is 37.3 Å². The van der Waals surface area contributed by atoms with Crippen molar-refractivity contribution in [3.63, 3.8) is 0 Å². The standard InChI is InChI=1S/C13H9ClN2O/c14-10-5-2-1-4-9(10)11-8-16-12(15-11)6-3-7-13(16)17/h1-8,15H. The summed E-state index contributed by atoms with van der Waals surface area (Å²) < 4.78 is 1.57. The van der Waals surface area contributed by atoms with Crippen LogP contribution in [0, 0.1) is 0 Å². The van der Waals surface area contributed by atoms with Crippen LogP contribution in [0.2, 0.25) is 5.02 Å². The number of hydrogen-bond donors (Lipinski definition) is 1. The van der Waals surface area contributed by atoms with E-state index in [4.69, 9.17) is 11.6 Å². The molecule has 0 amide bonds. The zero-order valence-corrected chi connectivity index (χ0v) is 9.61. The molecule has 4 heteroatoms. The lowest BCUT2D eigenvalue weighted by Gasteiger charge is -1.98. The van der Waals surface area contributed by atoms with E-state index in [-0.39, 0.29) is 5.56 Å². The number of halogens is 1. The van der Waals surface area contributed by atoms with Crippen molar-refractivity contribution in [2.24, 2.45) is 0 Å². The fourth-order valence-corrected chi connectivity index (χ4v) is 2.09. The molecule has 0 bridgehead atoms. The molecule has 0 aliphatic carbocycles. The molecular formula is C13H9ClN2O. The van der Waals surface area contributed by atoms with Gasteiger partial charge in [-0.3, -0.25) is 9.20 Å². The molecule has 1 aromatic carbocycles. The van der Waals surface area contributed by atoms with E-state index in [9.17, 15) is 4.79 Å². The Morgan fingerprint density at radius 3 is 2.65 bits per heavy atom. The molecule has 0 atom stereocenters. The van der Waals surface area contributed by atoms with Gasteiger partial charge in [0.2, 0.25) is 0 Å². The molecule has 84 valence electrons. The van der Waals surface area contributed by atoms with Crippen LogP contribution in [0.4, 0.5) is 0 Å². The monoisotopic (exact) mass is 244 g/mol. The maximum atomic E-state index is 11.6. The maximum Gasteiger partial charge on any atom is 0.256 e. The van der Waals surface area contributed by atoms with Gasteiger partial charge in [0.05, 0.1) is 5.69 Å². The number of nitrogens with one attached hydrogen (secondary N) is 1. The summed E-state index contributed by atoms with van der Waals surface area (Å²) in [6.45, 7) is 0. The minimum Gasteiger partial charge on any atom is -0.340 e. The van der Waals surface area contributed by atoms with Gasteiger partial charge in [0.15, 0.2) is 0 Å². The lowest BCUT2D eigenvalue weighted by molar-refractivity contribution is 1.11. The van der Waals surface area contributed by atoms with E-state index >= 15 is 0 Å². The number of pyridine rings is 1. The highest BCUT2D eigenvalue weighted by molar-refractivity contribution is 6.33. The van der Waals surface area contributed by atoms with Crippen LogP contribution in [0.1, 0.15) is 0 Å². The molecule has 0 aliphatic rings. The number of hydrogen-bond acceptors (Lipinski definition) is 1. The van der Waals surface area contributed by atoms with Crippen molar-refractivity contribution in [2.45, 2.75) is 0 Å². The number of aromatic amines is 1. The van der Waals surface area contributed by atoms with Crippen molar-refractivity contribution < 1.29 is 0 Å². The summed E-state index contributed by atoms with van der Waals surface area (Å²) in [5.74, 6) is 0. The first-order valence-electron chi connectivity index (χ1n) is 5.21. The second kappa shape index (κ2) is 3.79. The second-order valence-electron chi connectivity index (χ2n) is 3.77. The molecule has 3 aromatic rings. The minimum atomic E-state index is -0.0583. The highest BCUT2D eigenvalue weighted by Crippen LogP contribution is 2.26. The van der Waals surface area contributed by atoms with Crippen LogP contribution in [-0.4, -0.2) is 9.38 Å². The summed E-state index contributed by atoms with van der Waals surface area (Å²) in [6.07, 6.45) is 1.76. The lowest BCUT2D eigenvalue weighted by Crippen LogP contribution is -2.08. The van der Waals surface area contributed by atoms with Crippen molar-refractivity contribution in [1.82, 2.24) is 9.38 Å². The Bertz CT molecular complexity index is 742. The van der Waals surface area contributed by atoms with Gasteiger partial charge in [0.1, 0.15) is 5.65 Å². The molecule has 2 aromatic heterocycles. The van der Waals surface area contributed by atoms with Crippen molar-refractivity contribution >= 4 is 17.2 Å². The summed E-state index contributed by atoms with van der Waals surface area (Å²) in [5, 5.41) is 0.659. The molecule has 0 saturated carbocycles. The van der Waals surface area contributed by atoms with Gasteiger partial charge in [-0.2, -0.15) is 0 Å². The quantitative estimate of drug-likeness (QED) is 0.702. The summed E-state index contributed by atoms with van der Waals surface area (Å²) in [4.78, 5) is 14.8. The number of fused-ring (bicyclic) bond motifs is 1. The molecule has 3 nitrogen and oxygen atoms in total. The number of rotatable bonds is 1. The van der Waals surface area contributed by atoms with Gasteiger partial charge in [-0.15, -0.1) is 0 Å². The Hall–Kier alpha value is -2.00. The van der Waals surface area contributed by atoms with Gasteiger partial charge in [0.25, 0.3) is 5.56 Å². The lowest BCUT2D eigenvalue weighted by atomic mass is 10.2. The minimum absolute atomic E-state index is 0.0583. The van der Waals surface area contributed by atoms with Gasteiger partial charge in [0, 0.05) is 22.8 Å². The molecule has 1 N–H and O–H groups in total. The van der Waals surface area contributed by atoms with E-state index in [0.29, 0.717) is 5.02 Å². The highest BCUT2D eigenvalue weighted by atomic mass is 35.5. The third-order valence-electron chi connectivity index (χ3n) is 2.67. The number of H-pyrrole nitrogens is 1. The van der Waals surface area contributed by atoms with Crippen molar-refractivity contribution in [1.29, 1.82) is 0 Å². The van der Waals surface area contributed by atoms with Crippen LogP contribution in [0.25, 0.3) is 16.9 Å². The van der Waals surface area contributed by atoms with E-state index in [2.05, 4.69) is 4.98 Å². The molecule has 3 rings (SSSR count). The fraction of sp³-hybridized carbons (Fsp3) is 0. The first-order valence-corrected chi connectivity index (χ1v) is 5.59. The Kier molecular flexibility index (Phi) is 2.27. The number of imidazole rings is 1. The van der Waals surface area contributed by atoms with Crippen LogP contribution in [-0.2, 0) is 0 Å².